The fourth-order valence-electron chi connectivity index (χ4n) is 1.76. The molecule has 0 radical (unpaired) electrons. The van der Waals surface area contributed by atoms with Gasteiger partial charge in [0.2, 0.25) is 0 Å². The van der Waals surface area contributed by atoms with Crippen molar-refractivity contribution in [1.29, 1.82) is 0 Å². The van der Waals surface area contributed by atoms with Crippen molar-refractivity contribution in [2.24, 2.45) is 0 Å². The minimum Gasteiger partial charge on any atom is -0.103 e. The number of aryl methyl sites for hydroxylation is 2. The van der Waals surface area contributed by atoms with Crippen molar-refractivity contribution in [3.63, 3.8) is 0 Å². The van der Waals surface area contributed by atoms with Gasteiger partial charge in [-0.2, -0.15) is 0 Å². The van der Waals surface area contributed by atoms with Crippen molar-refractivity contribution in [2.75, 3.05) is 0 Å². The predicted molar refractivity (Wildman–Crippen MR) is 59.1 cm³/mol. The van der Waals surface area contributed by atoms with E-state index in [1.807, 2.05) is 6.08 Å². The van der Waals surface area contributed by atoms with Crippen LogP contribution in [0.4, 0.5) is 0 Å². The van der Waals surface area contributed by atoms with Crippen molar-refractivity contribution in [3.8, 4) is 0 Å². The summed E-state index contributed by atoms with van der Waals surface area (Å²) in [6.45, 7) is 8.23. The molecular weight excluding hydrogens is 156 g/mol. The van der Waals surface area contributed by atoms with Crippen LogP contribution in [0, 0.1) is 0 Å². The summed E-state index contributed by atoms with van der Waals surface area (Å²) in [4.78, 5) is 0. The Hall–Kier alpha value is -1.04. The maximum Gasteiger partial charge on any atom is -0.00947 e. The van der Waals surface area contributed by atoms with Crippen LogP contribution in [0.2, 0.25) is 0 Å². The lowest BCUT2D eigenvalue weighted by Crippen LogP contribution is -1.97. The average molecular weight is 174 g/mol. The third-order valence-electron chi connectivity index (χ3n) is 2.48. The van der Waals surface area contributed by atoms with E-state index in [2.05, 4.69) is 38.6 Å². The molecule has 0 fully saturated rings. The molecule has 1 rings (SSSR count). The lowest BCUT2D eigenvalue weighted by Gasteiger charge is -2.10. The molecule has 70 valence electrons. The van der Waals surface area contributed by atoms with Gasteiger partial charge >= 0.3 is 0 Å². The molecular formula is C13H18. The van der Waals surface area contributed by atoms with E-state index in [1.165, 1.54) is 16.7 Å². The van der Waals surface area contributed by atoms with Crippen molar-refractivity contribution in [2.45, 2.75) is 33.1 Å². The summed E-state index contributed by atoms with van der Waals surface area (Å²) in [5, 5.41) is 0. The number of benzene rings is 1. The normalized spacial score (nSPS) is 10.0. The maximum atomic E-state index is 3.81. The molecule has 0 aliphatic heterocycles. The first kappa shape index (κ1) is 10.0. The quantitative estimate of drug-likeness (QED) is 0.612. The highest BCUT2D eigenvalue weighted by Gasteiger charge is 2.03. The van der Waals surface area contributed by atoms with E-state index in [-0.39, 0.29) is 0 Å². The highest BCUT2D eigenvalue weighted by Crippen LogP contribution is 2.17. The van der Waals surface area contributed by atoms with Crippen LogP contribution in [0.5, 0.6) is 0 Å². The monoisotopic (exact) mass is 174 g/mol. The van der Waals surface area contributed by atoms with Gasteiger partial charge in [0.05, 0.1) is 0 Å². The van der Waals surface area contributed by atoms with Crippen molar-refractivity contribution in [1.82, 2.24) is 0 Å². The van der Waals surface area contributed by atoms with Gasteiger partial charge in [0, 0.05) is 0 Å². The summed E-state index contributed by atoms with van der Waals surface area (Å²) in [7, 11) is 0. The van der Waals surface area contributed by atoms with Gasteiger partial charge in [-0.25, -0.2) is 0 Å². The Balaban J connectivity index is 3.12. The second kappa shape index (κ2) is 4.86. The Bertz CT molecular complexity index is 262. The first-order valence-electron chi connectivity index (χ1n) is 5.04. The molecule has 0 spiro atoms. The standard InChI is InChI=1S/C13H18/c1-4-8-13-11(5-2)9-7-10-12(13)6-3/h4,7,9-10H,1,5-6,8H2,2-3H3. The molecule has 0 heterocycles. The Kier molecular flexibility index (Phi) is 3.75. The molecule has 13 heavy (non-hydrogen) atoms. The number of hydrogen-bond acceptors (Lipinski definition) is 0. The second-order valence-electron chi connectivity index (χ2n) is 3.25. The number of rotatable bonds is 4. The summed E-state index contributed by atoms with van der Waals surface area (Å²) in [6.07, 6.45) is 5.24. The van der Waals surface area contributed by atoms with Gasteiger partial charge < -0.3 is 0 Å². The Morgan fingerprint density at radius 2 is 1.69 bits per heavy atom. The molecule has 0 unspecified atom stereocenters. The average Bonchev–Trinajstić information content (AvgIpc) is 2.18. The fraction of sp³-hybridized carbons (Fsp3) is 0.385. The third kappa shape index (κ3) is 2.21. The second-order valence-corrected chi connectivity index (χ2v) is 3.25. The molecule has 0 saturated carbocycles. The van der Waals surface area contributed by atoms with E-state index >= 15 is 0 Å². The SMILES string of the molecule is C=CCc1c(CC)cccc1CC. The molecule has 0 heteroatoms. The molecule has 0 atom stereocenters. The largest absolute Gasteiger partial charge is 0.103 e. The summed E-state index contributed by atoms with van der Waals surface area (Å²) in [5.41, 5.74) is 4.43. The smallest absolute Gasteiger partial charge is 0.00947 e. The molecule has 0 aromatic heterocycles. The molecule has 0 saturated heterocycles. The maximum absolute atomic E-state index is 3.81. The molecule has 0 bridgehead atoms. The molecule has 0 aliphatic rings. The van der Waals surface area contributed by atoms with Crippen LogP contribution in [0.25, 0.3) is 0 Å². The van der Waals surface area contributed by atoms with E-state index in [0.29, 0.717) is 0 Å². The summed E-state index contributed by atoms with van der Waals surface area (Å²) in [5.74, 6) is 0. The van der Waals surface area contributed by atoms with E-state index in [9.17, 15) is 0 Å². The lowest BCUT2D eigenvalue weighted by atomic mass is 9.95. The third-order valence-corrected chi connectivity index (χ3v) is 2.48. The zero-order chi connectivity index (χ0) is 9.68. The summed E-state index contributed by atoms with van der Waals surface area (Å²) >= 11 is 0. The van der Waals surface area contributed by atoms with Gasteiger partial charge in [-0.15, -0.1) is 6.58 Å². The van der Waals surface area contributed by atoms with Crippen LogP contribution >= 0.6 is 0 Å². The summed E-state index contributed by atoms with van der Waals surface area (Å²) < 4.78 is 0. The first-order valence-corrected chi connectivity index (χ1v) is 5.04. The van der Waals surface area contributed by atoms with Crippen LogP contribution in [0.15, 0.2) is 30.9 Å². The number of allylic oxidation sites excluding steroid dienone is 1. The van der Waals surface area contributed by atoms with Crippen LogP contribution < -0.4 is 0 Å². The highest BCUT2D eigenvalue weighted by atomic mass is 14.1. The van der Waals surface area contributed by atoms with Crippen molar-refractivity contribution >= 4 is 0 Å². The van der Waals surface area contributed by atoms with Crippen LogP contribution in [-0.4, -0.2) is 0 Å². The topological polar surface area (TPSA) is 0 Å². The number of hydrogen-bond donors (Lipinski definition) is 0. The minimum atomic E-state index is 1.01. The predicted octanol–water partition coefficient (Wildman–Crippen LogP) is 3.54. The van der Waals surface area contributed by atoms with E-state index < -0.39 is 0 Å². The van der Waals surface area contributed by atoms with Crippen LogP contribution in [0.3, 0.4) is 0 Å². The van der Waals surface area contributed by atoms with E-state index in [1.54, 1.807) is 0 Å². The lowest BCUT2D eigenvalue weighted by molar-refractivity contribution is 1.02. The fourth-order valence-corrected chi connectivity index (χ4v) is 1.76. The van der Waals surface area contributed by atoms with Gasteiger partial charge in [0.1, 0.15) is 0 Å². The van der Waals surface area contributed by atoms with Gasteiger partial charge in [-0.3, -0.25) is 0 Å². The Morgan fingerprint density at radius 3 is 2.08 bits per heavy atom. The van der Waals surface area contributed by atoms with Gasteiger partial charge in [0.15, 0.2) is 0 Å². The van der Waals surface area contributed by atoms with E-state index in [4.69, 9.17) is 0 Å². The Morgan fingerprint density at radius 1 is 1.15 bits per heavy atom. The van der Waals surface area contributed by atoms with Gasteiger partial charge in [0.25, 0.3) is 0 Å². The molecule has 1 aromatic carbocycles. The van der Waals surface area contributed by atoms with Crippen molar-refractivity contribution in [3.05, 3.63) is 47.5 Å². The molecule has 0 nitrogen and oxygen atoms in total. The van der Waals surface area contributed by atoms with Crippen LogP contribution in [-0.2, 0) is 19.3 Å². The van der Waals surface area contributed by atoms with E-state index in [0.717, 1.165) is 19.3 Å². The minimum absolute atomic E-state index is 1.01. The molecule has 0 N–H and O–H groups in total. The zero-order valence-corrected chi connectivity index (χ0v) is 8.64. The van der Waals surface area contributed by atoms with Gasteiger partial charge in [-0.1, -0.05) is 38.1 Å². The first-order chi connectivity index (χ1) is 6.33. The Labute approximate surface area is 81.3 Å². The van der Waals surface area contributed by atoms with Gasteiger partial charge in [-0.05, 0) is 36.0 Å². The zero-order valence-electron chi connectivity index (χ0n) is 8.64. The van der Waals surface area contributed by atoms with Crippen molar-refractivity contribution < 1.29 is 0 Å². The van der Waals surface area contributed by atoms with Crippen LogP contribution in [0.1, 0.15) is 30.5 Å². The summed E-state index contributed by atoms with van der Waals surface area (Å²) in [6, 6.07) is 6.60. The molecule has 0 amide bonds. The molecule has 1 aromatic rings. The molecule has 0 aliphatic carbocycles. The highest BCUT2D eigenvalue weighted by molar-refractivity contribution is 5.36.